The number of methoxy groups -OCH3 is 2. The van der Waals surface area contributed by atoms with Crippen LogP contribution in [-0.2, 0) is 18.3 Å². The van der Waals surface area contributed by atoms with E-state index in [1.165, 1.54) is 54.4 Å². The maximum atomic E-state index is 5.57. The molecule has 0 aliphatic heterocycles. The summed E-state index contributed by atoms with van der Waals surface area (Å²) in [5.74, 6) is 3.44. The molecule has 2 nitrogen and oxygen atoms in total. The predicted molar refractivity (Wildman–Crippen MR) is 95.0 cm³/mol. The van der Waals surface area contributed by atoms with Gasteiger partial charge in [-0.15, -0.1) is 0 Å². The van der Waals surface area contributed by atoms with Gasteiger partial charge in [0.25, 0.3) is 0 Å². The highest BCUT2D eigenvalue weighted by molar-refractivity contribution is 5.59. The molecule has 3 aliphatic rings. The summed E-state index contributed by atoms with van der Waals surface area (Å²) in [6.45, 7) is 0. The second-order valence-corrected chi connectivity index (χ2v) is 7.65. The second-order valence-electron chi connectivity index (χ2n) is 7.65. The minimum absolute atomic E-state index is 0.187. The van der Waals surface area contributed by atoms with E-state index in [0.717, 1.165) is 23.3 Å². The summed E-state index contributed by atoms with van der Waals surface area (Å²) >= 11 is 0. The van der Waals surface area contributed by atoms with Crippen LogP contribution >= 0.6 is 0 Å². The van der Waals surface area contributed by atoms with Crippen LogP contribution in [-0.4, -0.2) is 14.2 Å². The van der Waals surface area contributed by atoms with Crippen LogP contribution < -0.4 is 9.47 Å². The fourth-order valence-corrected chi connectivity index (χ4v) is 5.97. The van der Waals surface area contributed by atoms with Gasteiger partial charge in [-0.05, 0) is 84.0 Å². The van der Waals surface area contributed by atoms with E-state index in [1.807, 2.05) is 0 Å². The Bertz CT molecular complexity index is 740. The Morgan fingerprint density at radius 2 is 1.29 bits per heavy atom. The van der Waals surface area contributed by atoms with Crippen LogP contribution in [0.5, 0.6) is 11.5 Å². The monoisotopic (exact) mass is 320 g/mol. The van der Waals surface area contributed by atoms with E-state index in [1.54, 1.807) is 14.2 Å². The van der Waals surface area contributed by atoms with Crippen molar-refractivity contribution < 1.29 is 9.47 Å². The van der Waals surface area contributed by atoms with Crippen molar-refractivity contribution in [3.63, 3.8) is 0 Å². The summed E-state index contributed by atoms with van der Waals surface area (Å²) in [5.41, 5.74) is 6.31. The molecule has 1 saturated carbocycles. The summed E-state index contributed by atoms with van der Waals surface area (Å²) in [4.78, 5) is 0. The Balaban J connectivity index is 1.79. The lowest BCUT2D eigenvalue weighted by Crippen LogP contribution is -2.41. The maximum absolute atomic E-state index is 5.57. The standard InChI is InChI=1S/C22H24O2/c1-23-18-8-6-14-10-16-4-3-5-17-11-15-7-9-19(24-2)13-21(15)22(16,17)20(14)12-18/h6-9,12-13,16-17H,3-5,10-11H2,1-2H3/t16-,17-,22?/m0/s1. The molecule has 0 bridgehead atoms. The molecule has 0 N–H and O–H groups in total. The predicted octanol–water partition coefficient (Wildman–Crippen LogP) is 4.52. The van der Waals surface area contributed by atoms with Crippen molar-refractivity contribution in [2.24, 2.45) is 11.8 Å². The molecule has 0 radical (unpaired) electrons. The molecule has 124 valence electrons. The molecular formula is C22H24O2. The molecule has 0 saturated heterocycles. The zero-order valence-electron chi connectivity index (χ0n) is 14.5. The number of hydrogen-bond donors (Lipinski definition) is 0. The number of fused-ring (bicyclic) bond motifs is 2. The minimum atomic E-state index is 0.187. The van der Waals surface area contributed by atoms with Gasteiger partial charge in [0.15, 0.2) is 0 Å². The van der Waals surface area contributed by atoms with Crippen molar-refractivity contribution in [3.05, 3.63) is 58.7 Å². The third kappa shape index (κ3) is 1.67. The van der Waals surface area contributed by atoms with E-state index in [-0.39, 0.29) is 5.41 Å². The van der Waals surface area contributed by atoms with Crippen LogP contribution in [0.1, 0.15) is 41.5 Å². The first-order valence-electron chi connectivity index (χ1n) is 9.12. The van der Waals surface area contributed by atoms with E-state index >= 15 is 0 Å². The number of hydrogen-bond acceptors (Lipinski definition) is 2. The van der Waals surface area contributed by atoms with Gasteiger partial charge in [-0.25, -0.2) is 0 Å². The van der Waals surface area contributed by atoms with Gasteiger partial charge < -0.3 is 9.47 Å². The first-order chi connectivity index (χ1) is 11.8. The van der Waals surface area contributed by atoms with Gasteiger partial charge in [-0.1, -0.05) is 18.6 Å². The number of rotatable bonds is 2. The molecule has 24 heavy (non-hydrogen) atoms. The molecule has 2 aromatic carbocycles. The Morgan fingerprint density at radius 1 is 0.792 bits per heavy atom. The normalized spacial score (nSPS) is 29.4. The number of ether oxygens (including phenoxy) is 2. The summed E-state index contributed by atoms with van der Waals surface area (Å²) in [6.07, 6.45) is 6.47. The van der Waals surface area contributed by atoms with E-state index in [0.29, 0.717) is 0 Å². The highest BCUT2D eigenvalue weighted by Gasteiger charge is 2.58. The van der Waals surface area contributed by atoms with E-state index < -0.39 is 0 Å². The van der Waals surface area contributed by atoms with Crippen LogP contribution in [0.3, 0.4) is 0 Å². The summed E-state index contributed by atoms with van der Waals surface area (Å²) < 4.78 is 11.1. The fraction of sp³-hybridized carbons (Fsp3) is 0.455. The molecule has 1 spiro atoms. The SMILES string of the molecule is COc1ccc2c(c1)C13c4cc(OC)ccc4C[C@@H]1CCC[C@H]3C2. The molecule has 0 amide bonds. The molecule has 2 heteroatoms. The van der Waals surface area contributed by atoms with Crippen molar-refractivity contribution in [3.8, 4) is 11.5 Å². The van der Waals surface area contributed by atoms with Gasteiger partial charge >= 0.3 is 0 Å². The van der Waals surface area contributed by atoms with Crippen LogP contribution in [0, 0.1) is 11.8 Å². The molecule has 1 fully saturated rings. The Labute approximate surface area is 143 Å². The van der Waals surface area contributed by atoms with Crippen molar-refractivity contribution >= 4 is 0 Å². The molecule has 0 unspecified atom stereocenters. The summed E-state index contributed by atoms with van der Waals surface area (Å²) in [6, 6.07) is 13.5. The van der Waals surface area contributed by atoms with Crippen molar-refractivity contribution in [2.45, 2.75) is 37.5 Å². The molecular weight excluding hydrogens is 296 g/mol. The Morgan fingerprint density at radius 3 is 1.75 bits per heavy atom. The lowest BCUT2D eigenvalue weighted by Gasteiger charge is -2.43. The van der Waals surface area contributed by atoms with Gasteiger partial charge in [-0.3, -0.25) is 0 Å². The van der Waals surface area contributed by atoms with Gasteiger partial charge in [-0.2, -0.15) is 0 Å². The maximum Gasteiger partial charge on any atom is 0.119 e. The van der Waals surface area contributed by atoms with E-state index in [9.17, 15) is 0 Å². The lowest BCUT2D eigenvalue weighted by molar-refractivity contribution is 0.176. The van der Waals surface area contributed by atoms with Gasteiger partial charge in [0.05, 0.1) is 14.2 Å². The quantitative estimate of drug-likeness (QED) is 0.810. The van der Waals surface area contributed by atoms with E-state index in [2.05, 4.69) is 36.4 Å². The first kappa shape index (κ1) is 14.4. The van der Waals surface area contributed by atoms with Gasteiger partial charge in [0.2, 0.25) is 0 Å². The average Bonchev–Trinajstić information content (AvgIpc) is 3.14. The fourth-order valence-electron chi connectivity index (χ4n) is 5.97. The second kappa shape index (κ2) is 5.02. The minimum Gasteiger partial charge on any atom is -0.497 e. The summed E-state index contributed by atoms with van der Waals surface area (Å²) in [5, 5.41) is 0. The van der Waals surface area contributed by atoms with E-state index in [4.69, 9.17) is 9.47 Å². The van der Waals surface area contributed by atoms with Crippen molar-refractivity contribution in [1.29, 1.82) is 0 Å². The van der Waals surface area contributed by atoms with Crippen molar-refractivity contribution in [1.82, 2.24) is 0 Å². The molecule has 2 aromatic rings. The van der Waals surface area contributed by atoms with Gasteiger partial charge in [0, 0.05) is 5.41 Å². The van der Waals surface area contributed by atoms with Crippen LogP contribution in [0.2, 0.25) is 0 Å². The molecule has 2 atom stereocenters. The molecule has 5 rings (SSSR count). The largest absolute Gasteiger partial charge is 0.497 e. The lowest BCUT2D eigenvalue weighted by atomic mass is 9.59. The van der Waals surface area contributed by atoms with Crippen LogP contribution in [0.4, 0.5) is 0 Å². The Hall–Kier alpha value is -1.96. The Kier molecular flexibility index (Phi) is 3.01. The van der Waals surface area contributed by atoms with Gasteiger partial charge in [0.1, 0.15) is 11.5 Å². The highest BCUT2D eigenvalue weighted by Crippen LogP contribution is 2.63. The molecule has 0 heterocycles. The van der Waals surface area contributed by atoms with Crippen molar-refractivity contribution in [2.75, 3.05) is 14.2 Å². The van der Waals surface area contributed by atoms with Crippen LogP contribution in [0.15, 0.2) is 36.4 Å². The zero-order valence-corrected chi connectivity index (χ0v) is 14.5. The third-order valence-electron chi connectivity index (χ3n) is 6.85. The summed E-state index contributed by atoms with van der Waals surface area (Å²) in [7, 11) is 3.55. The molecule has 3 aliphatic carbocycles. The molecule has 0 aromatic heterocycles. The number of benzene rings is 2. The smallest absolute Gasteiger partial charge is 0.119 e. The first-order valence-corrected chi connectivity index (χ1v) is 9.12. The highest BCUT2D eigenvalue weighted by atomic mass is 16.5. The van der Waals surface area contributed by atoms with Crippen LogP contribution in [0.25, 0.3) is 0 Å². The topological polar surface area (TPSA) is 18.5 Å². The zero-order chi connectivity index (χ0) is 16.3. The third-order valence-corrected chi connectivity index (χ3v) is 6.85. The average molecular weight is 320 g/mol.